The predicted octanol–water partition coefficient (Wildman–Crippen LogP) is 4.60. The van der Waals surface area contributed by atoms with Gasteiger partial charge in [0.15, 0.2) is 5.82 Å². The van der Waals surface area contributed by atoms with Gasteiger partial charge in [-0.2, -0.15) is 0 Å². The Morgan fingerprint density at radius 1 is 1.22 bits per heavy atom. The summed E-state index contributed by atoms with van der Waals surface area (Å²) in [7, 11) is 0. The van der Waals surface area contributed by atoms with Crippen LogP contribution in [0.5, 0.6) is 5.75 Å². The quantitative estimate of drug-likeness (QED) is 0.498. The average Bonchev–Trinajstić information content (AvgIpc) is 3.07. The molecule has 0 aliphatic carbocycles. The highest BCUT2D eigenvalue weighted by Crippen LogP contribution is 2.30. The van der Waals surface area contributed by atoms with Gasteiger partial charge in [0, 0.05) is 10.2 Å². The Morgan fingerprint density at radius 3 is 2.63 bits per heavy atom. The summed E-state index contributed by atoms with van der Waals surface area (Å²) < 4.78 is 0.823. The predicted molar refractivity (Wildman–Crippen MR) is 111 cm³/mol. The number of hydrogen-bond donors (Lipinski definition) is 3. The largest absolute Gasteiger partial charge is 0.507 e. The van der Waals surface area contributed by atoms with Crippen LogP contribution in [0.15, 0.2) is 40.0 Å². The van der Waals surface area contributed by atoms with Gasteiger partial charge >= 0.3 is 0 Å². The van der Waals surface area contributed by atoms with Gasteiger partial charge in [-0.05, 0) is 50.1 Å². The van der Waals surface area contributed by atoms with Crippen LogP contribution in [-0.2, 0) is 4.79 Å². The fourth-order valence-electron chi connectivity index (χ4n) is 2.81. The van der Waals surface area contributed by atoms with Gasteiger partial charge < -0.3 is 10.4 Å². The minimum Gasteiger partial charge on any atom is -0.507 e. The second-order valence-electron chi connectivity index (χ2n) is 6.24. The summed E-state index contributed by atoms with van der Waals surface area (Å²) >= 11 is 4.60. The molecule has 0 saturated heterocycles. The smallest absolute Gasteiger partial charge is 0.234 e. The van der Waals surface area contributed by atoms with E-state index in [1.54, 1.807) is 18.2 Å². The number of nitrogens with zero attached hydrogens (tertiary/aromatic N) is 2. The van der Waals surface area contributed by atoms with E-state index in [9.17, 15) is 9.90 Å². The summed E-state index contributed by atoms with van der Waals surface area (Å²) in [6, 6.07) is 9.15. The number of rotatable bonds is 5. The van der Waals surface area contributed by atoms with Crippen LogP contribution in [0.2, 0.25) is 0 Å². The number of halogens is 1. The molecule has 140 valence electrons. The van der Waals surface area contributed by atoms with Crippen molar-refractivity contribution in [2.75, 3.05) is 11.1 Å². The maximum atomic E-state index is 12.3. The zero-order valence-electron chi connectivity index (χ0n) is 15.1. The Morgan fingerprint density at radius 2 is 1.93 bits per heavy atom. The summed E-state index contributed by atoms with van der Waals surface area (Å²) in [5.41, 5.74) is 4.63. The third-order valence-corrected chi connectivity index (χ3v) is 5.29. The number of thioether (sulfide) groups is 1. The first kappa shape index (κ1) is 19.4. The van der Waals surface area contributed by atoms with E-state index in [1.807, 2.05) is 32.9 Å². The molecule has 0 aliphatic heterocycles. The van der Waals surface area contributed by atoms with Crippen LogP contribution in [0.4, 0.5) is 5.69 Å². The van der Waals surface area contributed by atoms with Crippen LogP contribution >= 0.6 is 27.7 Å². The van der Waals surface area contributed by atoms with Crippen LogP contribution in [0.25, 0.3) is 11.4 Å². The zero-order chi connectivity index (χ0) is 19.6. The first-order chi connectivity index (χ1) is 12.8. The molecule has 3 N–H and O–H groups in total. The van der Waals surface area contributed by atoms with Crippen molar-refractivity contribution in [3.05, 3.63) is 51.5 Å². The molecule has 0 saturated carbocycles. The zero-order valence-corrected chi connectivity index (χ0v) is 17.5. The van der Waals surface area contributed by atoms with E-state index in [0.717, 1.165) is 21.3 Å². The van der Waals surface area contributed by atoms with Crippen molar-refractivity contribution in [2.24, 2.45) is 0 Å². The van der Waals surface area contributed by atoms with Crippen LogP contribution in [0, 0.1) is 20.8 Å². The number of hydrogen-bond acceptors (Lipinski definition) is 5. The van der Waals surface area contributed by atoms with Crippen molar-refractivity contribution in [3.63, 3.8) is 0 Å². The number of amides is 1. The number of phenolic OH excluding ortho intramolecular Hbond substituents is 1. The second-order valence-corrected chi connectivity index (χ2v) is 8.10. The van der Waals surface area contributed by atoms with Crippen molar-refractivity contribution < 1.29 is 9.90 Å². The number of aryl methyl sites for hydroxylation is 3. The SMILES string of the molecule is Cc1cc(C)c(NC(=O)CSc2n[nH]c(-c3cc(Br)ccc3O)n2)c(C)c1. The molecular weight excluding hydrogens is 428 g/mol. The van der Waals surface area contributed by atoms with Crippen molar-refractivity contribution in [3.8, 4) is 17.1 Å². The van der Waals surface area contributed by atoms with Gasteiger partial charge in [0.2, 0.25) is 11.1 Å². The molecular formula is C19H19BrN4O2S. The van der Waals surface area contributed by atoms with Crippen molar-refractivity contribution in [1.82, 2.24) is 15.2 Å². The van der Waals surface area contributed by atoms with Gasteiger partial charge in [0.25, 0.3) is 0 Å². The minimum absolute atomic E-state index is 0.106. The van der Waals surface area contributed by atoms with Gasteiger partial charge in [0.1, 0.15) is 5.75 Å². The monoisotopic (exact) mass is 446 g/mol. The minimum atomic E-state index is -0.119. The summed E-state index contributed by atoms with van der Waals surface area (Å²) in [5.74, 6) is 0.622. The topological polar surface area (TPSA) is 90.9 Å². The lowest BCUT2D eigenvalue weighted by atomic mass is 10.1. The lowest BCUT2D eigenvalue weighted by Crippen LogP contribution is -2.16. The molecule has 27 heavy (non-hydrogen) atoms. The average molecular weight is 447 g/mol. The number of aromatic amines is 1. The van der Waals surface area contributed by atoms with Crippen molar-refractivity contribution >= 4 is 39.3 Å². The first-order valence-corrected chi connectivity index (χ1v) is 10.0. The Bertz CT molecular complexity index is 980. The van der Waals surface area contributed by atoms with Gasteiger partial charge in [0.05, 0.1) is 11.3 Å². The number of benzene rings is 2. The maximum Gasteiger partial charge on any atom is 0.234 e. The van der Waals surface area contributed by atoms with Crippen LogP contribution < -0.4 is 5.32 Å². The van der Waals surface area contributed by atoms with E-state index in [0.29, 0.717) is 16.5 Å². The molecule has 1 heterocycles. The number of carbonyl (C=O) groups excluding carboxylic acids is 1. The summed E-state index contributed by atoms with van der Waals surface area (Å²) in [6.07, 6.45) is 0. The number of phenols is 1. The normalized spacial score (nSPS) is 10.8. The Kier molecular flexibility index (Phi) is 5.86. The third-order valence-electron chi connectivity index (χ3n) is 3.95. The molecule has 1 amide bonds. The van der Waals surface area contributed by atoms with E-state index in [1.165, 1.54) is 17.3 Å². The molecule has 0 fully saturated rings. The molecule has 3 aromatic rings. The lowest BCUT2D eigenvalue weighted by Gasteiger charge is -2.12. The fraction of sp³-hybridized carbons (Fsp3) is 0.211. The number of aromatic nitrogens is 3. The lowest BCUT2D eigenvalue weighted by molar-refractivity contribution is -0.113. The maximum absolute atomic E-state index is 12.3. The number of carbonyl (C=O) groups is 1. The van der Waals surface area contributed by atoms with E-state index < -0.39 is 0 Å². The Balaban J connectivity index is 1.65. The third kappa shape index (κ3) is 4.70. The van der Waals surface area contributed by atoms with Crippen molar-refractivity contribution in [1.29, 1.82) is 0 Å². The molecule has 1 aromatic heterocycles. The van der Waals surface area contributed by atoms with E-state index in [4.69, 9.17) is 0 Å². The van der Waals surface area contributed by atoms with Gasteiger partial charge in [-0.25, -0.2) is 4.98 Å². The standard InChI is InChI=1S/C19H19BrN4O2S/c1-10-6-11(2)17(12(3)7-10)21-16(26)9-27-19-22-18(23-24-19)14-8-13(20)4-5-15(14)25/h4-8,25H,9H2,1-3H3,(H,21,26)(H,22,23,24). The van der Waals surface area contributed by atoms with Gasteiger partial charge in [-0.1, -0.05) is 45.4 Å². The highest BCUT2D eigenvalue weighted by Gasteiger charge is 2.13. The molecule has 0 unspecified atom stereocenters. The van der Waals surface area contributed by atoms with Crippen LogP contribution in [0.3, 0.4) is 0 Å². The van der Waals surface area contributed by atoms with Crippen LogP contribution in [0.1, 0.15) is 16.7 Å². The molecule has 0 atom stereocenters. The van der Waals surface area contributed by atoms with E-state index in [2.05, 4.69) is 36.4 Å². The van der Waals surface area contributed by atoms with Crippen LogP contribution in [-0.4, -0.2) is 31.9 Å². The highest BCUT2D eigenvalue weighted by atomic mass is 79.9. The Hall–Kier alpha value is -2.32. The molecule has 6 nitrogen and oxygen atoms in total. The molecule has 2 aromatic carbocycles. The molecule has 0 bridgehead atoms. The molecule has 0 aliphatic rings. The molecule has 0 spiro atoms. The highest BCUT2D eigenvalue weighted by molar-refractivity contribution is 9.10. The molecule has 8 heteroatoms. The van der Waals surface area contributed by atoms with Gasteiger partial charge in [-0.3, -0.25) is 9.89 Å². The van der Waals surface area contributed by atoms with E-state index in [-0.39, 0.29) is 17.4 Å². The second kappa shape index (κ2) is 8.14. The summed E-state index contributed by atoms with van der Waals surface area (Å²) in [4.78, 5) is 16.7. The summed E-state index contributed by atoms with van der Waals surface area (Å²) in [5, 5.41) is 20.3. The first-order valence-electron chi connectivity index (χ1n) is 8.25. The van der Waals surface area contributed by atoms with E-state index >= 15 is 0 Å². The number of anilines is 1. The fourth-order valence-corrected chi connectivity index (χ4v) is 3.77. The number of aromatic hydroxyl groups is 1. The summed E-state index contributed by atoms with van der Waals surface area (Å²) in [6.45, 7) is 5.99. The number of H-pyrrole nitrogens is 1. The molecule has 0 radical (unpaired) electrons. The molecule has 3 rings (SSSR count). The van der Waals surface area contributed by atoms with Gasteiger partial charge in [-0.15, -0.1) is 5.10 Å². The Labute approximate surface area is 169 Å². The number of nitrogens with one attached hydrogen (secondary N) is 2. The van der Waals surface area contributed by atoms with Crippen molar-refractivity contribution in [2.45, 2.75) is 25.9 Å².